The van der Waals surface area contributed by atoms with Crippen LogP contribution in [0.1, 0.15) is 10.4 Å². The van der Waals surface area contributed by atoms with E-state index in [-0.39, 0.29) is 11.7 Å². The van der Waals surface area contributed by atoms with Crippen LogP contribution in [0.15, 0.2) is 48.5 Å². The van der Waals surface area contributed by atoms with Crippen LogP contribution in [0.3, 0.4) is 0 Å². The zero-order valence-electron chi connectivity index (χ0n) is 12.2. The highest BCUT2D eigenvalue weighted by Crippen LogP contribution is 2.20. The lowest BCUT2D eigenvalue weighted by atomic mass is 10.1. The van der Waals surface area contributed by atoms with Gasteiger partial charge in [-0.2, -0.15) is 0 Å². The molecule has 0 unspecified atom stereocenters. The van der Waals surface area contributed by atoms with Crippen molar-refractivity contribution in [3.8, 4) is 0 Å². The van der Waals surface area contributed by atoms with E-state index >= 15 is 0 Å². The van der Waals surface area contributed by atoms with Crippen LogP contribution in [0.25, 0.3) is 0 Å². The molecule has 1 aliphatic heterocycles. The Morgan fingerprint density at radius 2 is 1.59 bits per heavy atom. The molecule has 1 saturated heterocycles. The average molecular weight is 299 g/mol. The topological polar surface area (TPSA) is 49.6 Å². The van der Waals surface area contributed by atoms with E-state index in [1.807, 2.05) is 11.0 Å². The van der Waals surface area contributed by atoms with Gasteiger partial charge in [-0.05, 0) is 36.4 Å². The third-order valence-corrected chi connectivity index (χ3v) is 3.92. The number of benzene rings is 2. The first-order valence-electron chi connectivity index (χ1n) is 7.29. The number of nitrogen functional groups attached to an aromatic ring is 1. The predicted molar refractivity (Wildman–Crippen MR) is 85.4 cm³/mol. The Labute approximate surface area is 128 Å². The van der Waals surface area contributed by atoms with Gasteiger partial charge in [0.1, 0.15) is 5.82 Å². The number of halogens is 1. The van der Waals surface area contributed by atoms with Gasteiger partial charge in [0, 0.05) is 37.4 Å². The summed E-state index contributed by atoms with van der Waals surface area (Å²) in [4.78, 5) is 16.2. The second-order valence-electron chi connectivity index (χ2n) is 5.35. The van der Waals surface area contributed by atoms with Crippen molar-refractivity contribution in [2.45, 2.75) is 0 Å². The quantitative estimate of drug-likeness (QED) is 0.866. The van der Waals surface area contributed by atoms with Crippen molar-refractivity contribution in [2.24, 2.45) is 0 Å². The minimum atomic E-state index is -0.221. The van der Waals surface area contributed by atoms with Crippen LogP contribution < -0.4 is 10.6 Å². The van der Waals surface area contributed by atoms with Gasteiger partial charge in [-0.3, -0.25) is 4.79 Å². The lowest BCUT2D eigenvalue weighted by Gasteiger charge is -2.36. The Bertz CT molecular complexity index is 664. The molecule has 0 saturated carbocycles. The number of para-hydroxylation sites is 1. The number of hydrogen-bond acceptors (Lipinski definition) is 3. The molecule has 22 heavy (non-hydrogen) atoms. The third-order valence-electron chi connectivity index (χ3n) is 3.92. The highest BCUT2D eigenvalue weighted by atomic mass is 19.1. The number of nitrogens with zero attached hydrogens (tertiary/aromatic N) is 2. The van der Waals surface area contributed by atoms with E-state index in [9.17, 15) is 9.18 Å². The first-order chi connectivity index (χ1) is 10.6. The molecule has 2 aromatic rings. The number of anilines is 2. The van der Waals surface area contributed by atoms with Crippen molar-refractivity contribution in [3.63, 3.8) is 0 Å². The Kier molecular flexibility index (Phi) is 3.96. The molecule has 2 aromatic carbocycles. The van der Waals surface area contributed by atoms with E-state index in [2.05, 4.69) is 0 Å². The van der Waals surface area contributed by atoms with Crippen LogP contribution in [0.2, 0.25) is 0 Å². The summed E-state index contributed by atoms with van der Waals surface area (Å²) >= 11 is 0. The van der Waals surface area contributed by atoms with Gasteiger partial charge in [-0.25, -0.2) is 4.39 Å². The van der Waals surface area contributed by atoms with Crippen LogP contribution >= 0.6 is 0 Å². The number of carbonyl (C=O) groups is 1. The molecule has 1 aliphatic rings. The summed E-state index contributed by atoms with van der Waals surface area (Å²) in [6.45, 7) is 2.42. The number of piperazine rings is 1. The van der Waals surface area contributed by atoms with Crippen molar-refractivity contribution < 1.29 is 9.18 Å². The fourth-order valence-electron chi connectivity index (χ4n) is 2.67. The first kappa shape index (κ1) is 14.4. The van der Waals surface area contributed by atoms with Crippen LogP contribution in [-0.4, -0.2) is 37.0 Å². The number of hydrogen-bond donors (Lipinski definition) is 1. The molecule has 0 aromatic heterocycles. The normalized spacial score (nSPS) is 15.0. The van der Waals surface area contributed by atoms with Gasteiger partial charge in [0.15, 0.2) is 0 Å². The maximum absolute atomic E-state index is 13.8. The maximum atomic E-state index is 13.8. The Balaban J connectivity index is 1.65. The number of nitrogens with two attached hydrogens (primary N) is 1. The van der Waals surface area contributed by atoms with Crippen LogP contribution in [0.5, 0.6) is 0 Å². The monoisotopic (exact) mass is 299 g/mol. The summed E-state index contributed by atoms with van der Waals surface area (Å²) in [7, 11) is 0. The molecular formula is C17H18FN3O. The molecule has 3 rings (SSSR count). The zero-order chi connectivity index (χ0) is 15.5. The fourth-order valence-corrected chi connectivity index (χ4v) is 2.67. The van der Waals surface area contributed by atoms with Crippen LogP contribution in [0.4, 0.5) is 15.8 Å². The molecule has 1 fully saturated rings. The SMILES string of the molecule is Nc1ccc(C(=O)N2CCN(c3ccccc3F)CC2)cc1. The smallest absolute Gasteiger partial charge is 0.253 e. The van der Waals surface area contributed by atoms with E-state index in [1.165, 1.54) is 6.07 Å². The third kappa shape index (κ3) is 2.88. The second kappa shape index (κ2) is 6.05. The first-order valence-corrected chi connectivity index (χ1v) is 7.29. The van der Waals surface area contributed by atoms with Crippen molar-refractivity contribution in [3.05, 3.63) is 59.9 Å². The summed E-state index contributed by atoms with van der Waals surface area (Å²) in [5, 5.41) is 0. The summed E-state index contributed by atoms with van der Waals surface area (Å²) < 4.78 is 13.8. The predicted octanol–water partition coefficient (Wildman–Crippen LogP) is 2.37. The molecule has 1 amide bonds. The molecule has 1 heterocycles. The summed E-state index contributed by atoms with van der Waals surface area (Å²) in [5.74, 6) is -0.228. The number of rotatable bonds is 2. The van der Waals surface area contributed by atoms with Gasteiger partial charge in [0.05, 0.1) is 5.69 Å². The molecule has 2 N–H and O–H groups in total. The largest absolute Gasteiger partial charge is 0.399 e. The van der Waals surface area contributed by atoms with Crippen molar-refractivity contribution in [2.75, 3.05) is 36.8 Å². The van der Waals surface area contributed by atoms with Gasteiger partial charge in [0.2, 0.25) is 0 Å². The lowest BCUT2D eigenvalue weighted by Crippen LogP contribution is -2.49. The average Bonchev–Trinajstić information content (AvgIpc) is 2.56. The molecule has 0 atom stereocenters. The Morgan fingerprint density at radius 1 is 0.955 bits per heavy atom. The standard InChI is InChI=1S/C17H18FN3O/c18-15-3-1-2-4-16(15)20-9-11-21(12-10-20)17(22)13-5-7-14(19)8-6-13/h1-8H,9-12,19H2. The lowest BCUT2D eigenvalue weighted by molar-refractivity contribution is 0.0746. The highest BCUT2D eigenvalue weighted by Gasteiger charge is 2.23. The van der Waals surface area contributed by atoms with Crippen LogP contribution in [0, 0.1) is 5.82 Å². The molecule has 0 aliphatic carbocycles. The van der Waals surface area contributed by atoms with Gasteiger partial charge in [-0.1, -0.05) is 12.1 Å². The highest BCUT2D eigenvalue weighted by molar-refractivity contribution is 5.94. The van der Waals surface area contributed by atoms with E-state index in [1.54, 1.807) is 41.3 Å². The minimum Gasteiger partial charge on any atom is -0.399 e. The van der Waals surface area contributed by atoms with Crippen molar-refractivity contribution in [1.82, 2.24) is 4.90 Å². The second-order valence-corrected chi connectivity index (χ2v) is 5.35. The Morgan fingerprint density at radius 3 is 2.23 bits per heavy atom. The molecule has 0 bridgehead atoms. The number of amides is 1. The zero-order valence-corrected chi connectivity index (χ0v) is 12.2. The van der Waals surface area contributed by atoms with Gasteiger partial charge >= 0.3 is 0 Å². The summed E-state index contributed by atoms with van der Waals surface area (Å²) in [6.07, 6.45) is 0. The molecular weight excluding hydrogens is 281 g/mol. The summed E-state index contributed by atoms with van der Waals surface area (Å²) in [6, 6.07) is 13.7. The Hall–Kier alpha value is -2.56. The molecule has 5 heteroatoms. The van der Waals surface area contributed by atoms with Gasteiger partial charge < -0.3 is 15.5 Å². The van der Waals surface area contributed by atoms with Crippen molar-refractivity contribution >= 4 is 17.3 Å². The molecule has 4 nitrogen and oxygen atoms in total. The maximum Gasteiger partial charge on any atom is 0.253 e. The van der Waals surface area contributed by atoms with Crippen LogP contribution in [-0.2, 0) is 0 Å². The van der Waals surface area contributed by atoms with E-state index in [0.29, 0.717) is 43.1 Å². The number of carbonyl (C=O) groups excluding carboxylic acids is 1. The molecule has 0 radical (unpaired) electrons. The van der Waals surface area contributed by atoms with E-state index < -0.39 is 0 Å². The molecule has 0 spiro atoms. The fraction of sp³-hybridized carbons (Fsp3) is 0.235. The van der Waals surface area contributed by atoms with Gasteiger partial charge in [0.25, 0.3) is 5.91 Å². The summed E-state index contributed by atoms with van der Waals surface area (Å²) in [5.41, 5.74) is 7.51. The minimum absolute atomic E-state index is 0.00631. The van der Waals surface area contributed by atoms with Gasteiger partial charge in [-0.15, -0.1) is 0 Å². The van der Waals surface area contributed by atoms with Crippen molar-refractivity contribution in [1.29, 1.82) is 0 Å². The van der Waals surface area contributed by atoms with E-state index in [4.69, 9.17) is 5.73 Å². The van der Waals surface area contributed by atoms with E-state index in [0.717, 1.165) is 0 Å². The molecule has 114 valence electrons.